The van der Waals surface area contributed by atoms with Crippen molar-refractivity contribution in [3.63, 3.8) is 0 Å². The molecular weight excluding hydrogens is 258 g/mol. The number of benzene rings is 1. The van der Waals surface area contributed by atoms with Crippen LogP contribution >= 0.6 is 0 Å². The van der Waals surface area contributed by atoms with Crippen molar-refractivity contribution in [1.82, 2.24) is 5.32 Å². The first kappa shape index (κ1) is 13.1. The van der Waals surface area contributed by atoms with Crippen molar-refractivity contribution >= 4 is 23.5 Å². The molecule has 1 aliphatic heterocycles. The van der Waals surface area contributed by atoms with Gasteiger partial charge < -0.3 is 0 Å². The van der Waals surface area contributed by atoms with Crippen LogP contribution in [0, 0.1) is 17.0 Å². The lowest BCUT2D eigenvalue weighted by atomic mass is 9.88. The Balaban J connectivity index is 2.55. The smallest absolute Gasteiger partial charge is 0.276 e. The second kappa shape index (κ2) is 4.11. The fraction of sp³-hybridized carbons (Fsp3) is 0.250. The fourth-order valence-electron chi connectivity index (χ4n) is 1.65. The quantitative estimate of drug-likeness (QED) is 0.786. The van der Waals surface area contributed by atoms with Crippen LogP contribution in [0.3, 0.4) is 0 Å². The van der Waals surface area contributed by atoms with Crippen molar-refractivity contribution in [2.24, 2.45) is 5.41 Å². The van der Waals surface area contributed by atoms with Gasteiger partial charge in [0.25, 0.3) is 0 Å². The lowest BCUT2D eigenvalue weighted by Crippen LogP contribution is -2.62. The highest BCUT2D eigenvalue weighted by atomic mass is 19.1. The largest absolute Gasteiger partial charge is 0.335 e. The van der Waals surface area contributed by atoms with Crippen molar-refractivity contribution in [3.8, 4) is 0 Å². The minimum atomic E-state index is -1.54. The van der Waals surface area contributed by atoms with Gasteiger partial charge in [-0.3, -0.25) is 14.9 Å². The molecule has 0 saturated carbocycles. The summed E-state index contributed by atoms with van der Waals surface area (Å²) in [6.07, 6.45) is 0. The topological polar surface area (TPSA) is 66.5 Å². The summed E-state index contributed by atoms with van der Waals surface area (Å²) < 4.78 is 26.7. The van der Waals surface area contributed by atoms with Gasteiger partial charge >= 0.3 is 6.03 Å². The highest BCUT2D eigenvalue weighted by Gasteiger charge is 2.48. The first-order valence-electron chi connectivity index (χ1n) is 5.40. The standard InChI is InChI=1S/C12H10F2N2O3/c1-12(2)9(17)15-11(19)16(10(12)18)8-5-6(13)3-4-7(8)14/h3-5H,1-2H3,(H,15,17,19). The van der Waals surface area contributed by atoms with Crippen LogP contribution in [0.4, 0.5) is 19.3 Å². The normalized spacial score (nSPS) is 18.5. The van der Waals surface area contributed by atoms with Crippen LogP contribution < -0.4 is 10.2 Å². The molecule has 0 unspecified atom stereocenters. The molecule has 19 heavy (non-hydrogen) atoms. The number of rotatable bonds is 1. The van der Waals surface area contributed by atoms with Crippen LogP contribution in [-0.4, -0.2) is 17.8 Å². The zero-order chi connectivity index (χ0) is 14.4. The van der Waals surface area contributed by atoms with Crippen LogP contribution in [0.5, 0.6) is 0 Å². The third-order valence-corrected chi connectivity index (χ3v) is 2.88. The number of barbiturate groups is 1. The van der Waals surface area contributed by atoms with Gasteiger partial charge in [-0.25, -0.2) is 18.5 Å². The molecule has 0 aromatic heterocycles. The van der Waals surface area contributed by atoms with Gasteiger partial charge in [0, 0.05) is 6.07 Å². The summed E-state index contributed by atoms with van der Waals surface area (Å²) in [5, 5.41) is 1.93. The van der Waals surface area contributed by atoms with Gasteiger partial charge in [0.15, 0.2) is 0 Å². The van der Waals surface area contributed by atoms with Gasteiger partial charge in [0.2, 0.25) is 11.8 Å². The number of anilines is 1. The highest BCUT2D eigenvalue weighted by Crippen LogP contribution is 2.29. The van der Waals surface area contributed by atoms with Crippen molar-refractivity contribution in [3.05, 3.63) is 29.8 Å². The van der Waals surface area contributed by atoms with E-state index in [0.717, 1.165) is 18.2 Å². The van der Waals surface area contributed by atoms with E-state index in [-0.39, 0.29) is 0 Å². The molecule has 1 N–H and O–H groups in total. The number of carbonyl (C=O) groups excluding carboxylic acids is 3. The monoisotopic (exact) mass is 268 g/mol. The first-order chi connectivity index (χ1) is 8.75. The average molecular weight is 268 g/mol. The minimum Gasteiger partial charge on any atom is -0.276 e. The van der Waals surface area contributed by atoms with E-state index in [1.54, 1.807) is 0 Å². The molecule has 0 aliphatic carbocycles. The molecule has 1 fully saturated rings. The molecule has 0 bridgehead atoms. The zero-order valence-corrected chi connectivity index (χ0v) is 10.2. The number of hydrogen-bond donors (Lipinski definition) is 1. The zero-order valence-electron chi connectivity index (χ0n) is 10.2. The molecule has 100 valence electrons. The Bertz CT molecular complexity index is 599. The van der Waals surface area contributed by atoms with E-state index < -0.39 is 40.6 Å². The molecule has 1 aromatic rings. The Labute approximate surface area is 107 Å². The minimum absolute atomic E-state index is 0.430. The van der Waals surface area contributed by atoms with Gasteiger partial charge in [0.05, 0.1) is 5.69 Å². The van der Waals surface area contributed by atoms with E-state index >= 15 is 0 Å². The van der Waals surface area contributed by atoms with E-state index in [0.29, 0.717) is 4.90 Å². The lowest BCUT2D eigenvalue weighted by molar-refractivity contribution is -0.140. The molecular formula is C12H10F2N2O3. The van der Waals surface area contributed by atoms with Crippen LogP contribution in [0.25, 0.3) is 0 Å². The molecule has 1 heterocycles. The van der Waals surface area contributed by atoms with E-state index in [9.17, 15) is 23.2 Å². The summed E-state index contributed by atoms with van der Waals surface area (Å²) in [6.45, 7) is 2.59. The van der Waals surface area contributed by atoms with Crippen molar-refractivity contribution in [2.75, 3.05) is 4.90 Å². The number of urea groups is 1. The summed E-state index contributed by atoms with van der Waals surface area (Å²) in [6, 6.07) is 1.29. The molecule has 1 saturated heterocycles. The number of hydrogen-bond acceptors (Lipinski definition) is 3. The second-order valence-electron chi connectivity index (χ2n) is 4.62. The van der Waals surface area contributed by atoms with E-state index in [4.69, 9.17) is 0 Å². The molecule has 1 aliphatic rings. The van der Waals surface area contributed by atoms with E-state index in [1.165, 1.54) is 13.8 Å². The summed E-state index contributed by atoms with van der Waals surface area (Å²) in [4.78, 5) is 35.7. The Morgan fingerprint density at radius 1 is 1.16 bits per heavy atom. The Kier molecular flexibility index (Phi) is 2.84. The van der Waals surface area contributed by atoms with Gasteiger partial charge in [-0.15, -0.1) is 0 Å². The van der Waals surface area contributed by atoms with Gasteiger partial charge in [-0.2, -0.15) is 0 Å². The van der Waals surface area contributed by atoms with Crippen LogP contribution in [-0.2, 0) is 9.59 Å². The van der Waals surface area contributed by atoms with Crippen molar-refractivity contribution < 1.29 is 23.2 Å². The molecule has 7 heteroatoms. The molecule has 2 rings (SSSR count). The van der Waals surface area contributed by atoms with E-state index in [1.807, 2.05) is 5.32 Å². The maximum atomic E-state index is 13.6. The van der Waals surface area contributed by atoms with Crippen molar-refractivity contribution in [2.45, 2.75) is 13.8 Å². The number of carbonyl (C=O) groups is 3. The maximum absolute atomic E-state index is 13.6. The number of imide groups is 2. The molecule has 5 nitrogen and oxygen atoms in total. The molecule has 1 aromatic carbocycles. The van der Waals surface area contributed by atoms with Crippen LogP contribution in [0.15, 0.2) is 18.2 Å². The highest BCUT2D eigenvalue weighted by molar-refractivity contribution is 6.29. The second-order valence-corrected chi connectivity index (χ2v) is 4.62. The third kappa shape index (κ3) is 1.96. The SMILES string of the molecule is CC1(C)C(=O)NC(=O)N(c2cc(F)ccc2F)C1=O. The van der Waals surface area contributed by atoms with Gasteiger partial charge in [0.1, 0.15) is 17.0 Å². The first-order valence-corrected chi connectivity index (χ1v) is 5.40. The molecule has 0 atom stereocenters. The Morgan fingerprint density at radius 3 is 2.42 bits per heavy atom. The predicted molar refractivity (Wildman–Crippen MR) is 61.2 cm³/mol. The number of amides is 4. The third-order valence-electron chi connectivity index (χ3n) is 2.88. The van der Waals surface area contributed by atoms with Gasteiger partial charge in [-0.1, -0.05) is 0 Å². The Morgan fingerprint density at radius 2 is 1.79 bits per heavy atom. The maximum Gasteiger partial charge on any atom is 0.335 e. The molecule has 4 amide bonds. The number of nitrogens with one attached hydrogen (secondary N) is 1. The van der Waals surface area contributed by atoms with Gasteiger partial charge in [-0.05, 0) is 26.0 Å². The number of halogens is 2. The molecule has 0 radical (unpaired) electrons. The summed E-state index contributed by atoms with van der Waals surface area (Å²) >= 11 is 0. The Hall–Kier alpha value is -2.31. The van der Waals surface area contributed by atoms with Crippen molar-refractivity contribution in [1.29, 1.82) is 0 Å². The summed E-state index contributed by atoms with van der Waals surface area (Å²) in [7, 11) is 0. The predicted octanol–water partition coefficient (Wildman–Crippen LogP) is 1.57. The lowest BCUT2D eigenvalue weighted by Gasteiger charge is -2.34. The number of nitrogens with zero attached hydrogens (tertiary/aromatic N) is 1. The summed E-state index contributed by atoms with van der Waals surface area (Å²) in [5.74, 6) is -3.43. The molecule has 0 spiro atoms. The van der Waals surface area contributed by atoms with Crippen LogP contribution in [0.2, 0.25) is 0 Å². The summed E-state index contributed by atoms with van der Waals surface area (Å²) in [5.41, 5.74) is -2.06. The van der Waals surface area contributed by atoms with E-state index in [2.05, 4.69) is 0 Å². The fourth-order valence-corrected chi connectivity index (χ4v) is 1.65. The average Bonchev–Trinajstić information content (AvgIpc) is 2.32. The van der Waals surface area contributed by atoms with Crippen LogP contribution in [0.1, 0.15) is 13.8 Å².